The molecule has 0 spiro atoms. The van der Waals surface area contributed by atoms with E-state index >= 15 is 0 Å². The van der Waals surface area contributed by atoms with E-state index in [0.717, 1.165) is 23.3 Å². The number of imidazole rings is 1. The van der Waals surface area contributed by atoms with Gasteiger partial charge in [-0.3, -0.25) is 4.79 Å². The second-order valence-electron chi connectivity index (χ2n) is 5.73. The Kier molecular flexibility index (Phi) is 5.08. The van der Waals surface area contributed by atoms with Gasteiger partial charge >= 0.3 is 0 Å². The molecule has 0 unspecified atom stereocenters. The van der Waals surface area contributed by atoms with Crippen molar-refractivity contribution in [2.24, 2.45) is 0 Å². The first-order valence-electron chi connectivity index (χ1n) is 8.42. The molecule has 2 heterocycles. The lowest BCUT2D eigenvalue weighted by atomic mass is 10.1. The SMILES string of the molecule is CC[C@H](NC(=O)c1ccc2c(c1)ncn2CCO)c1ncnn1CC. The van der Waals surface area contributed by atoms with Crippen LogP contribution in [0.1, 0.15) is 42.5 Å². The molecule has 2 N–H and O–H groups in total. The Morgan fingerprint density at radius 3 is 2.88 bits per heavy atom. The third-order valence-electron chi connectivity index (χ3n) is 4.19. The van der Waals surface area contributed by atoms with Crippen LogP contribution in [0.25, 0.3) is 11.0 Å². The molecular formula is C17H22N6O2. The summed E-state index contributed by atoms with van der Waals surface area (Å²) in [6.45, 7) is 5.22. The number of nitrogens with one attached hydrogen (secondary N) is 1. The number of aryl methyl sites for hydroxylation is 1. The molecule has 0 aliphatic carbocycles. The average Bonchev–Trinajstić information content (AvgIpc) is 3.26. The monoisotopic (exact) mass is 342 g/mol. The number of hydrogen-bond donors (Lipinski definition) is 2. The van der Waals surface area contributed by atoms with Crippen LogP contribution in [0.3, 0.4) is 0 Å². The standard InChI is InChI=1S/C17H22N6O2/c1-3-13(16-18-10-20-23(16)4-2)21-17(25)12-5-6-15-14(9-12)19-11-22(15)7-8-24/h5-6,9-11,13,24H,3-4,7-8H2,1-2H3,(H,21,25)/t13-/m0/s1. The Morgan fingerprint density at radius 1 is 1.32 bits per heavy atom. The van der Waals surface area contributed by atoms with Crippen molar-refractivity contribution in [3.8, 4) is 0 Å². The van der Waals surface area contributed by atoms with Crippen LogP contribution in [-0.2, 0) is 13.1 Å². The lowest BCUT2D eigenvalue weighted by Gasteiger charge is -2.17. The van der Waals surface area contributed by atoms with Gasteiger partial charge in [0.1, 0.15) is 12.2 Å². The molecule has 132 valence electrons. The zero-order chi connectivity index (χ0) is 17.8. The number of hydrogen-bond acceptors (Lipinski definition) is 5. The van der Waals surface area contributed by atoms with Crippen LogP contribution in [0.15, 0.2) is 30.9 Å². The molecule has 1 atom stereocenters. The maximum Gasteiger partial charge on any atom is 0.251 e. The number of aliphatic hydroxyl groups is 1. The molecule has 1 aromatic carbocycles. The summed E-state index contributed by atoms with van der Waals surface area (Å²) in [5.41, 5.74) is 2.16. The highest BCUT2D eigenvalue weighted by Crippen LogP contribution is 2.18. The van der Waals surface area contributed by atoms with Crippen molar-refractivity contribution in [3.63, 3.8) is 0 Å². The normalized spacial score (nSPS) is 12.4. The molecule has 0 radical (unpaired) electrons. The van der Waals surface area contributed by atoms with E-state index in [-0.39, 0.29) is 18.6 Å². The summed E-state index contributed by atoms with van der Waals surface area (Å²) in [5, 5.41) is 16.3. The van der Waals surface area contributed by atoms with E-state index in [1.165, 1.54) is 6.33 Å². The van der Waals surface area contributed by atoms with Gasteiger partial charge in [0, 0.05) is 18.7 Å². The van der Waals surface area contributed by atoms with Gasteiger partial charge in [0.05, 0.1) is 30.0 Å². The van der Waals surface area contributed by atoms with Gasteiger partial charge in [0.25, 0.3) is 5.91 Å². The molecule has 0 bridgehead atoms. The summed E-state index contributed by atoms with van der Waals surface area (Å²) in [4.78, 5) is 21.2. The largest absolute Gasteiger partial charge is 0.395 e. The number of carbonyl (C=O) groups excluding carboxylic acids is 1. The first kappa shape index (κ1) is 17.1. The highest BCUT2D eigenvalue weighted by molar-refractivity contribution is 5.97. The van der Waals surface area contributed by atoms with E-state index in [2.05, 4.69) is 20.4 Å². The van der Waals surface area contributed by atoms with Gasteiger partial charge in [-0.1, -0.05) is 6.92 Å². The second-order valence-corrected chi connectivity index (χ2v) is 5.73. The predicted octanol–water partition coefficient (Wildman–Crippen LogP) is 1.52. The number of benzene rings is 1. The third kappa shape index (κ3) is 3.39. The molecule has 0 fully saturated rings. The number of aromatic nitrogens is 5. The smallest absolute Gasteiger partial charge is 0.251 e. The molecule has 25 heavy (non-hydrogen) atoms. The Bertz CT molecular complexity index is 869. The highest BCUT2D eigenvalue weighted by atomic mass is 16.3. The number of aliphatic hydroxyl groups excluding tert-OH is 1. The summed E-state index contributed by atoms with van der Waals surface area (Å²) < 4.78 is 3.64. The van der Waals surface area contributed by atoms with Gasteiger partial charge in [-0.25, -0.2) is 14.6 Å². The van der Waals surface area contributed by atoms with Crippen LogP contribution < -0.4 is 5.32 Å². The summed E-state index contributed by atoms with van der Waals surface area (Å²) in [6.07, 6.45) is 3.90. The summed E-state index contributed by atoms with van der Waals surface area (Å²) in [5.74, 6) is 0.586. The van der Waals surface area contributed by atoms with Crippen molar-refractivity contribution < 1.29 is 9.90 Å². The van der Waals surface area contributed by atoms with E-state index in [1.807, 2.05) is 24.5 Å². The van der Waals surface area contributed by atoms with Gasteiger partial charge in [-0.05, 0) is 31.5 Å². The Labute approximate surface area is 145 Å². The van der Waals surface area contributed by atoms with Crippen LogP contribution in [0, 0.1) is 0 Å². The zero-order valence-electron chi connectivity index (χ0n) is 14.4. The van der Waals surface area contributed by atoms with Crippen molar-refractivity contribution in [1.82, 2.24) is 29.6 Å². The molecule has 8 heteroatoms. The Balaban J connectivity index is 1.81. The van der Waals surface area contributed by atoms with Crippen LogP contribution in [0.2, 0.25) is 0 Å². The predicted molar refractivity (Wildman–Crippen MR) is 93.0 cm³/mol. The molecule has 2 aromatic heterocycles. The molecule has 0 aliphatic rings. The van der Waals surface area contributed by atoms with Crippen LogP contribution >= 0.6 is 0 Å². The van der Waals surface area contributed by atoms with Crippen molar-refractivity contribution in [3.05, 3.63) is 42.2 Å². The molecule has 3 rings (SSSR count). The number of carbonyl (C=O) groups is 1. The summed E-state index contributed by atoms with van der Waals surface area (Å²) in [6, 6.07) is 5.18. The molecule has 0 saturated heterocycles. The Morgan fingerprint density at radius 2 is 2.16 bits per heavy atom. The number of fused-ring (bicyclic) bond motifs is 1. The summed E-state index contributed by atoms with van der Waals surface area (Å²) >= 11 is 0. The third-order valence-corrected chi connectivity index (χ3v) is 4.19. The quantitative estimate of drug-likeness (QED) is 0.678. The minimum Gasteiger partial charge on any atom is -0.395 e. The average molecular weight is 342 g/mol. The minimum absolute atomic E-state index is 0.0456. The van der Waals surface area contributed by atoms with Crippen molar-refractivity contribution >= 4 is 16.9 Å². The first-order valence-corrected chi connectivity index (χ1v) is 8.42. The number of nitrogens with zero attached hydrogens (tertiary/aromatic N) is 5. The number of amides is 1. The van der Waals surface area contributed by atoms with Crippen molar-refractivity contribution in [2.75, 3.05) is 6.61 Å². The van der Waals surface area contributed by atoms with Crippen LogP contribution in [0.4, 0.5) is 0 Å². The maximum absolute atomic E-state index is 12.6. The maximum atomic E-state index is 12.6. The fourth-order valence-electron chi connectivity index (χ4n) is 2.87. The molecule has 1 amide bonds. The fourth-order valence-corrected chi connectivity index (χ4v) is 2.87. The van der Waals surface area contributed by atoms with Crippen LogP contribution in [0.5, 0.6) is 0 Å². The molecule has 0 aliphatic heterocycles. The van der Waals surface area contributed by atoms with Crippen molar-refractivity contribution in [1.29, 1.82) is 0 Å². The molecule has 3 aromatic rings. The van der Waals surface area contributed by atoms with Gasteiger partial charge in [0.2, 0.25) is 0 Å². The molecular weight excluding hydrogens is 320 g/mol. The second kappa shape index (κ2) is 7.43. The first-order chi connectivity index (χ1) is 12.2. The molecule has 0 saturated carbocycles. The minimum atomic E-state index is -0.197. The fraction of sp³-hybridized carbons (Fsp3) is 0.412. The lowest BCUT2D eigenvalue weighted by Crippen LogP contribution is -2.30. The van der Waals surface area contributed by atoms with E-state index in [9.17, 15) is 4.79 Å². The van der Waals surface area contributed by atoms with E-state index in [1.54, 1.807) is 23.1 Å². The number of rotatable bonds is 7. The Hall–Kier alpha value is -2.74. The van der Waals surface area contributed by atoms with E-state index in [0.29, 0.717) is 18.7 Å². The van der Waals surface area contributed by atoms with Crippen molar-refractivity contribution in [2.45, 2.75) is 39.4 Å². The van der Waals surface area contributed by atoms with Gasteiger partial charge in [-0.2, -0.15) is 5.10 Å². The van der Waals surface area contributed by atoms with Gasteiger partial charge in [-0.15, -0.1) is 0 Å². The topological polar surface area (TPSA) is 97.9 Å². The van der Waals surface area contributed by atoms with E-state index in [4.69, 9.17) is 5.11 Å². The summed E-state index contributed by atoms with van der Waals surface area (Å²) in [7, 11) is 0. The molecule has 8 nitrogen and oxygen atoms in total. The lowest BCUT2D eigenvalue weighted by molar-refractivity contribution is 0.0933. The van der Waals surface area contributed by atoms with E-state index < -0.39 is 0 Å². The van der Waals surface area contributed by atoms with Crippen LogP contribution in [-0.4, -0.2) is 41.9 Å². The highest BCUT2D eigenvalue weighted by Gasteiger charge is 2.19. The van der Waals surface area contributed by atoms with Gasteiger partial charge in [0.15, 0.2) is 0 Å². The zero-order valence-corrected chi connectivity index (χ0v) is 14.4. The van der Waals surface area contributed by atoms with Gasteiger partial charge < -0.3 is 15.0 Å².